The molecule has 1 aliphatic rings. The number of rotatable bonds is 8. The van der Waals surface area contributed by atoms with Gasteiger partial charge in [0, 0.05) is 17.1 Å². The van der Waals surface area contributed by atoms with Crippen molar-refractivity contribution in [3.05, 3.63) is 34.3 Å². The van der Waals surface area contributed by atoms with Crippen LogP contribution < -0.4 is 5.32 Å². The van der Waals surface area contributed by atoms with E-state index in [1.165, 1.54) is 18.4 Å². The summed E-state index contributed by atoms with van der Waals surface area (Å²) < 4.78 is 25.1. The van der Waals surface area contributed by atoms with E-state index in [1.807, 2.05) is 12.1 Å². The van der Waals surface area contributed by atoms with Gasteiger partial charge in [0.25, 0.3) is 0 Å². The van der Waals surface area contributed by atoms with Crippen LogP contribution in [0.2, 0.25) is 0 Å². The zero-order valence-corrected chi connectivity index (χ0v) is 15.1. The van der Waals surface area contributed by atoms with Crippen molar-refractivity contribution < 1.29 is 8.42 Å². The number of halogens is 1. The van der Waals surface area contributed by atoms with Crippen LogP contribution in [0.5, 0.6) is 0 Å². The largest absolute Gasteiger partial charge is 0.313 e. The molecule has 1 aromatic carbocycles. The van der Waals surface area contributed by atoms with Gasteiger partial charge in [-0.15, -0.1) is 0 Å². The number of benzene rings is 1. The molecule has 0 heterocycles. The Balaban J connectivity index is 2.02. The van der Waals surface area contributed by atoms with E-state index in [4.69, 9.17) is 0 Å². The van der Waals surface area contributed by atoms with Gasteiger partial charge in [-0.1, -0.05) is 28.1 Å². The molecule has 0 bridgehead atoms. The molecule has 1 aromatic rings. The first-order valence-corrected chi connectivity index (χ1v) is 10.1. The van der Waals surface area contributed by atoms with Gasteiger partial charge in [-0.3, -0.25) is 0 Å². The van der Waals surface area contributed by atoms with Gasteiger partial charge in [0.15, 0.2) is 9.84 Å². The highest BCUT2D eigenvalue weighted by Crippen LogP contribution is 2.25. The molecule has 0 aliphatic heterocycles. The predicted molar refractivity (Wildman–Crippen MR) is 91.4 cm³/mol. The standard InChI is InChI=1S/C16H24BrNO2S/c1-12(2)21(19,20)10-9-14(11-18-16-7-8-16)13-3-5-15(17)6-4-13/h3-6,12,14,16,18H,7-11H2,1-2H3. The Morgan fingerprint density at radius 3 is 2.38 bits per heavy atom. The lowest BCUT2D eigenvalue weighted by Gasteiger charge is -2.19. The van der Waals surface area contributed by atoms with Gasteiger partial charge in [0.05, 0.1) is 11.0 Å². The van der Waals surface area contributed by atoms with Crippen molar-refractivity contribution >= 4 is 25.8 Å². The Bertz CT molecular complexity index is 550. The number of hydrogen-bond donors (Lipinski definition) is 1. The van der Waals surface area contributed by atoms with Crippen LogP contribution in [0.3, 0.4) is 0 Å². The lowest BCUT2D eigenvalue weighted by atomic mass is 9.96. The minimum Gasteiger partial charge on any atom is -0.313 e. The third-order valence-electron chi connectivity index (χ3n) is 4.04. The highest BCUT2D eigenvalue weighted by molar-refractivity contribution is 9.10. The number of sulfone groups is 1. The molecule has 0 aromatic heterocycles. The minimum absolute atomic E-state index is 0.257. The SMILES string of the molecule is CC(C)S(=O)(=O)CCC(CNC1CC1)c1ccc(Br)cc1. The van der Waals surface area contributed by atoms with Gasteiger partial charge in [-0.05, 0) is 56.7 Å². The van der Waals surface area contributed by atoms with E-state index >= 15 is 0 Å². The Kier molecular flexibility index (Phi) is 5.86. The molecule has 1 saturated carbocycles. The zero-order chi connectivity index (χ0) is 15.5. The van der Waals surface area contributed by atoms with Crippen LogP contribution in [-0.2, 0) is 9.84 Å². The normalized spacial score (nSPS) is 17.1. The second-order valence-electron chi connectivity index (χ2n) is 6.14. The first-order chi connectivity index (χ1) is 9.88. The molecule has 0 saturated heterocycles. The van der Waals surface area contributed by atoms with Gasteiger partial charge in [-0.25, -0.2) is 8.42 Å². The monoisotopic (exact) mass is 373 g/mol. The van der Waals surface area contributed by atoms with Crippen LogP contribution in [0.4, 0.5) is 0 Å². The molecule has 1 atom stereocenters. The summed E-state index contributed by atoms with van der Waals surface area (Å²) >= 11 is 3.45. The summed E-state index contributed by atoms with van der Waals surface area (Å²) in [5.41, 5.74) is 1.21. The Morgan fingerprint density at radius 1 is 1.24 bits per heavy atom. The van der Waals surface area contributed by atoms with Crippen LogP contribution in [0.15, 0.2) is 28.7 Å². The summed E-state index contributed by atoms with van der Waals surface area (Å²) in [5, 5.41) is 3.24. The summed E-state index contributed by atoms with van der Waals surface area (Å²) in [6, 6.07) is 8.87. The summed E-state index contributed by atoms with van der Waals surface area (Å²) in [5.74, 6) is 0.518. The predicted octanol–water partition coefficient (Wildman–Crippen LogP) is 3.50. The molecule has 1 unspecified atom stereocenters. The van der Waals surface area contributed by atoms with Crippen molar-refractivity contribution in [2.24, 2.45) is 0 Å². The van der Waals surface area contributed by atoms with E-state index in [-0.39, 0.29) is 16.9 Å². The van der Waals surface area contributed by atoms with Gasteiger partial charge >= 0.3 is 0 Å². The molecular formula is C16H24BrNO2S. The molecule has 0 amide bonds. The lowest BCUT2D eigenvalue weighted by Crippen LogP contribution is -2.26. The fourth-order valence-electron chi connectivity index (χ4n) is 2.26. The second-order valence-corrected chi connectivity index (χ2v) is 9.73. The summed E-state index contributed by atoms with van der Waals surface area (Å²) in [6.45, 7) is 4.37. The molecule has 0 spiro atoms. The third-order valence-corrected chi connectivity index (χ3v) is 6.81. The molecular weight excluding hydrogens is 350 g/mol. The maximum atomic E-state index is 12.0. The first-order valence-electron chi connectivity index (χ1n) is 7.59. The summed E-state index contributed by atoms with van der Waals surface area (Å²) in [6.07, 6.45) is 3.18. The van der Waals surface area contributed by atoms with Crippen LogP contribution >= 0.6 is 15.9 Å². The Hall–Kier alpha value is -0.390. The molecule has 2 rings (SSSR count). The summed E-state index contributed by atoms with van der Waals surface area (Å²) in [7, 11) is -2.97. The topological polar surface area (TPSA) is 46.2 Å². The van der Waals surface area contributed by atoms with Crippen molar-refractivity contribution in [1.82, 2.24) is 5.32 Å². The fraction of sp³-hybridized carbons (Fsp3) is 0.625. The van der Waals surface area contributed by atoms with Crippen LogP contribution in [0, 0.1) is 0 Å². The van der Waals surface area contributed by atoms with Crippen molar-refractivity contribution in [2.45, 2.75) is 50.3 Å². The molecule has 0 radical (unpaired) electrons. The molecule has 118 valence electrons. The van der Waals surface area contributed by atoms with Crippen molar-refractivity contribution in [1.29, 1.82) is 0 Å². The van der Waals surface area contributed by atoms with Gasteiger partial charge in [0.2, 0.25) is 0 Å². The average molecular weight is 374 g/mol. The second kappa shape index (κ2) is 7.25. The van der Waals surface area contributed by atoms with Gasteiger partial charge < -0.3 is 5.32 Å². The summed E-state index contributed by atoms with van der Waals surface area (Å²) in [4.78, 5) is 0. The maximum absolute atomic E-state index is 12.0. The first kappa shape index (κ1) is 17.0. The highest BCUT2D eigenvalue weighted by Gasteiger charge is 2.24. The van der Waals surface area contributed by atoms with Crippen LogP contribution in [0.1, 0.15) is 44.6 Å². The number of hydrogen-bond acceptors (Lipinski definition) is 3. The van der Waals surface area contributed by atoms with E-state index in [0.717, 1.165) is 11.0 Å². The average Bonchev–Trinajstić information content (AvgIpc) is 3.24. The van der Waals surface area contributed by atoms with Crippen molar-refractivity contribution in [3.8, 4) is 0 Å². The molecule has 1 aliphatic carbocycles. The fourth-order valence-corrected chi connectivity index (χ4v) is 3.61. The van der Waals surface area contributed by atoms with E-state index < -0.39 is 9.84 Å². The van der Waals surface area contributed by atoms with E-state index in [1.54, 1.807) is 13.8 Å². The van der Waals surface area contributed by atoms with Gasteiger partial charge in [-0.2, -0.15) is 0 Å². The van der Waals surface area contributed by atoms with Crippen LogP contribution in [0.25, 0.3) is 0 Å². The molecule has 1 fully saturated rings. The molecule has 1 N–H and O–H groups in total. The number of nitrogens with one attached hydrogen (secondary N) is 1. The smallest absolute Gasteiger partial charge is 0.152 e. The van der Waals surface area contributed by atoms with E-state index in [2.05, 4.69) is 33.4 Å². The van der Waals surface area contributed by atoms with Crippen molar-refractivity contribution in [3.63, 3.8) is 0 Å². The quantitative estimate of drug-likeness (QED) is 0.758. The molecule has 21 heavy (non-hydrogen) atoms. The lowest BCUT2D eigenvalue weighted by molar-refractivity contribution is 0.550. The molecule has 3 nitrogen and oxygen atoms in total. The maximum Gasteiger partial charge on any atom is 0.152 e. The molecule has 5 heteroatoms. The minimum atomic E-state index is -2.97. The van der Waals surface area contributed by atoms with E-state index in [9.17, 15) is 8.42 Å². The highest BCUT2D eigenvalue weighted by atomic mass is 79.9. The Morgan fingerprint density at radius 2 is 1.86 bits per heavy atom. The van der Waals surface area contributed by atoms with Crippen molar-refractivity contribution in [2.75, 3.05) is 12.3 Å². The zero-order valence-electron chi connectivity index (χ0n) is 12.7. The van der Waals surface area contributed by atoms with Crippen LogP contribution in [-0.4, -0.2) is 32.0 Å². The van der Waals surface area contributed by atoms with Gasteiger partial charge in [0.1, 0.15) is 0 Å². The Labute approximate surface area is 136 Å². The van der Waals surface area contributed by atoms with E-state index in [0.29, 0.717) is 12.5 Å². The third kappa shape index (κ3) is 5.38.